The number of benzene rings is 1. The van der Waals surface area contributed by atoms with E-state index in [2.05, 4.69) is 45.8 Å². The van der Waals surface area contributed by atoms with E-state index in [4.69, 9.17) is 9.40 Å². The minimum atomic E-state index is 0.0938. The number of aryl methyl sites for hydroxylation is 1. The number of anilines is 1. The molecule has 6 nitrogen and oxygen atoms in total. The molecule has 7 heteroatoms. The lowest BCUT2D eigenvalue weighted by Crippen LogP contribution is -2.31. The van der Waals surface area contributed by atoms with Gasteiger partial charge in [0.25, 0.3) is 0 Å². The third kappa shape index (κ3) is 5.19. The molecule has 2 heterocycles. The van der Waals surface area contributed by atoms with Crippen LogP contribution >= 0.6 is 11.5 Å². The van der Waals surface area contributed by atoms with Crippen LogP contribution in [0.1, 0.15) is 42.0 Å². The molecule has 1 amide bonds. The van der Waals surface area contributed by atoms with Crippen LogP contribution in [-0.2, 0) is 17.8 Å². The van der Waals surface area contributed by atoms with E-state index in [1.807, 2.05) is 12.1 Å². The van der Waals surface area contributed by atoms with Crippen molar-refractivity contribution < 1.29 is 9.21 Å². The number of furan rings is 1. The number of nitrogens with one attached hydrogen (secondary N) is 1. The Bertz CT molecular complexity index is 901. The summed E-state index contributed by atoms with van der Waals surface area (Å²) in [6, 6.07) is 12.6. The van der Waals surface area contributed by atoms with Crippen LogP contribution in [0.15, 0.2) is 47.1 Å². The third-order valence-electron chi connectivity index (χ3n) is 4.69. The molecule has 0 saturated heterocycles. The summed E-state index contributed by atoms with van der Waals surface area (Å²) in [6.07, 6.45) is 5.00. The lowest BCUT2D eigenvalue weighted by molar-refractivity contribution is -0.121. The van der Waals surface area contributed by atoms with Gasteiger partial charge in [0.05, 0.1) is 12.8 Å². The van der Waals surface area contributed by atoms with Gasteiger partial charge in [-0.3, -0.25) is 4.79 Å². The molecule has 28 heavy (non-hydrogen) atoms. The quantitative estimate of drug-likeness (QED) is 0.597. The van der Waals surface area contributed by atoms with E-state index in [9.17, 15) is 4.79 Å². The van der Waals surface area contributed by atoms with Crippen molar-refractivity contribution in [3.8, 4) is 0 Å². The highest BCUT2D eigenvalue weighted by Gasteiger charge is 2.24. The van der Waals surface area contributed by atoms with Crippen molar-refractivity contribution in [2.75, 3.05) is 11.4 Å². The summed E-state index contributed by atoms with van der Waals surface area (Å²) in [5, 5.41) is 3.86. The predicted octanol–water partition coefficient (Wildman–Crippen LogP) is 3.71. The fourth-order valence-corrected chi connectivity index (χ4v) is 3.64. The highest BCUT2D eigenvalue weighted by molar-refractivity contribution is 7.09. The summed E-state index contributed by atoms with van der Waals surface area (Å²) < 4.78 is 10.0. The normalized spacial score (nSPS) is 13.5. The molecular weight excluding hydrogens is 372 g/mol. The van der Waals surface area contributed by atoms with Gasteiger partial charge in [0.15, 0.2) is 0 Å². The standard InChI is InChI=1S/C21H24N4O2S/c1-15-4-6-16(7-5-15)13-19-23-21(28-24-19)25(14-18-3-2-12-27-18)11-10-20(26)22-17-8-9-17/h2-7,12,17H,8-11,13-14H2,1H3,(H,22,26). The number of aromatic nitrogens is 2. The Balaban J connectivity index is 1.43. The largest absolute Gasteiger partial charge is 0.467 e. The van der Waals surface area contributed by atoms with Crippen LogP contribution in [0.25, 0.3) is 0 Å². The van der Waals surface area contributed by atoms with Crippen molar-refractivity contribution in [1.82, 2.24) is 14.7 Å². The summed E-state index contributed by atoms with van der Waals surface area (Å²) in [7, 11) is 0. The van der Waals surface area contributed by atoms with Crippen LogP contribution in [-0.4, -0.2) is 27.9 Å². The van der Waals surface area contributed by atoms with E-state index in [1.165, 1.54) is 22.7 Å². The van der Waals surface area contributed by atoms with Gasteiger partial charge in [-0.15, -0.1) is 0 Å². The molecule has 2 aromatic heterocycles. The zero-order chi connectivity index (χ0) is 19.3. The van der Waals surface area contributed by atoms with E-state index in [0.717, 1.165) is 29.6 Å². The van der Waals surface area contributed by atoms with Crippen LogP contribution in [0, 0.1) is 6.92 Å². The van der Waals surface area contributed by atoms with E-state index in [-0.39, 0.29) is 5.91 Å². The Morgan fingerprint density at radius 3 is 2.82 bits per heavy atom. The SMILES string of the molecule is Cc1ccc(Cc2nsc(N(CCC(=O)NC3CC3)Cc3ccco3)n2)cc1. The van der Waals surface area contributed by atoms with Crippen LogP contribution in [0.3, 0.4) is 0 Å². The molecule has 0 bridgehead atoms. The first kappa shape index (κ1) is 18.7. The van der Waals surface area contributed by atoms with Crippen molar-refractivity contribution >= 4 is 22.6 Å². The third-order valence-corrected chi connectivity index (χ3v) is 5.50. The molecule has 1 N–H and O–H groups in total. The molecule has 4 rings (SSSR count). The molecule has 0 radical (unpaired) electrons. The number of carbonyl (C=O) groups is 1. The summed E-state index contributed by atoms with van der Waals surface area (Å²) in [5.41, 5.74) is 2.43. The second kappa shape index (κ2) is 8.56. The Hall–Kier alpha value is -2.67. The van der Waals surface area contributed by atoms with Crippen LogP contribution in [0.4, 0.5) is 5.13 Å². The average Bonchev–Trinajstić information content (AvgIpc) is 3.16. The van der Waals surface area contributed by atoms with Crippen LogP contribution < -0.4 is 10.2 Å². The van der Waals surface area contributed by atoms with Crippen molar-refractivity contribution in [1.29, 1.82) is 0 Å². The molecule has 1 fully saturated rings. The van der Waals surface area contributed by atoms with E-state index in [1.54, 1.807) is 6.26 Å². The maximum Gasteiger partial charge on any atom is 0.221 e. The predicted molar refractivity (Wildman–Crippen MR) is 109 cm³/mol. The number of hydrogen-bond acceptors (Lipinski definition) is 6. The molecule has 1 aliphatic rings. The minimum absolute atomic E-state index is 0.0938. The number of nitrogens with zero attached hydrogens (tertiary/aromatic N) is 3. The van der Waals surface area contributed by atoms with E-state index >= 15 is 0 Å². The molecule has 0 unspecified atom stereocenters. The Morgan fingerprint density at radius 2 is 2.11 bits per heavy atom. The summed E-state index contributed by atoms with van der Waals surface area (Å²) >= 11 is 1.37. The number of hydrogen-bond donors (Lipinski definition) is 1. The van der Waals surface area contributed by atoms with Gasteiger partial charge >= 0.3 is 0 Å². The van der Waals surface area contributed by atoms with E-state index < -0.39 is 0 Å². The van der Waals surface area contributed by atoms with Gasteiger partial charge in [-0.25, -0.2) is 4.98 Å². The molecule has 3 aromatic rings. The Labute approximate surface area is 168 Å². The second-order valence-corrected chi connectivity index (χ2v) is 7.98. The van der Waals surface area contributed by atoms with Gasteiger partial charge in [0.1, 0.15) is 11.6 Å². The van der Waals surface area contributed by atoms with Crippen LogP contribution in [0.5, 0.6) is 0 Å². The van der Waals surface area contributed by atoms with Crippen molar-refractivity contribution in [3.05, 3.63) is 65.4 Å². The first-order chi connectivity index (χ1) is 13.7. The Kier molecular flexibility index (Phi) is 5.71. The highest BCUT2D eigenvalue weighted by Crippen LogP contribution is 2.23. The van der Waals surface area contributed by atoms with Gasteiger partial charge < -0.3 is 14.6 Å². The molecular formula is C21H24N4O2S. The molecule has 0 spiro atoms. The smallest absolute Gasteiger partial charge is 0.221 e. The first-order valence-corrected chi connectivity index (χ1v) is 10.4. The summed E-state index contributed by atoms with van der Waals surface area (Å²) in [4.78, 5) is 18.9. The maximum atomic E-state index is 12.1. The molecule has 0 atom stereocenters. The summed E-state index contributed by atoms with van der Waals surface area (Å²) in [5.74, 6) is 1.74. The topological polar surface area (TPSA) is 71.3 Å². The second-order valence-electron chi connectivity index (χ2n) is 7.25. The first-order valence-electron chi connectivity index (χ1n) is 9.60. The lowest BCUT2D eigenvalue weighted by Gasteiger charge is -2.19. The van der Waals surface area contributed by atoms with Crippen molar-refractivity contribution in [2.45, 2.75) is 45.2 Å². The van der Waals surface area contributed by atoms with Crippen LogP contribution in [0.2, 0.25) is 0 Å². The fraction of sp³-hybridized carbons (Fsp3) is 0.381. The van der Waals surface area contributed by atoms with Gasteiger partial charge in [-0.1, -0.05) is 29.8 Å². The summed E-state index contributed by atoms with van der Waals surface area (Å²) in [6.45, 7) is 3.23. The molecule has 0 aliphatic heterocycles. The zero-order valence-corrected chi connectivity index (χ0v) is 16.7. The van der Waals surface area contributed by atoms with Gasteiger partial charge in [0.2, 0.25) is 11.0 Å². The van der Waals surface area contributed by atoms with Crippen molar-refractivity contribution in [3.63, 3.8) is 0 Å². The minimum Gasteiger partial charge on any atom is -0.467 e. The Morgan fingerprint density at radius 1 is 1.29 bits per heavy atom. The lowest BCUT2D eigenvalue weighted by atomic mass is 10.1. The monoisotopic (exact) mass is 396 g/mol. The fourth-order valence-electron chi connectivity index (χ4n) is 2.93. The zero-order valence-electron chi connectivity index (χ0n) is 15.9. The molecule has 1 aliphatic carbocycles. The number of amides is 1. The van der Waals surface area contributed by atoms with E-state index in [0.29, 0.717) is 32.0 Å². The average molecular weight is 397 g/mol. The molecule has 1 aromatic carbocycles. The van der Waals surface area contributed by atoms with Gasteiger partial charge in [-0.05, 0) is 37.5 Å². The van der Waals surface area contributed by atoms with Crippen molar-refractivity contribution in [2.24, 2.45) is 0 Å². The maximum absolute atomic E-state index is 12.1. The highest BCUT2D eigenvalue weighted by atomic mass is 32.1. The number of carbonyl (C=O) groups excluding carboxylic acids is 1. The molecule has 146 valence electrons. The molecule has 1 saturated carbocycles. The number of rotatable bonds is 9. The van der Waals surface area contributed by atoms with Gasteiger partial charge in [0, 0.05) is 37.0 Å². The van der Waals surface area contributed by atoms with Gasteiger partial charge in [-0.2, -0.15) is 4.37 Å².